The van der Waals surface area contributed by atoms with Crippen LogP contribution in [0.5, 0.6) is 0 Å². The number of benzene rings is 1. The largest absolute Gasteiger partial charge is 0.384 e. The Hall–Kier alpha value is -1.22. The summed E-state index contributed by atoms with van der Waals surface area (Å²) in [6.45, 7) is 4.35. The number of methoxy groups -OCH3 is 1. The van der Waals surface area contributed by atoms with E-state index >= 15 is 0 Å². The third-order valence-electron chi connectivity index (χ3n) is 4.41. The lowest BCUT2D eigenvalue weighted by Gasteiger charge is -2.35. The lowest BCUT2D eigenvalue weighted by molar-refractivity contribution is 0.139. The maximum Gasteiger partial charge on any atom is 0.0610 e. The molecule has 104 valence electrons. The second-order valence-electron chi connectivity index (χ2n) is 5.73. The summed E-state index contributed by atoms with van der Waals surface area (Å²) in [4.78, 5) is 2.54. The number of nitrogens with zero attached hydrogens (tertiary/aromatic N) is 1. The molecule has 19 heavy (non-hydrogen) atoms. The number of nitrogens with one attached hydrogen (secondary N) is 1. The number of ether oxygens (including phenoxy) is 1. The van der Waals surface area contributed by atoms with Crippen molar-refractivity contribution in [2.24, 2.45) is 5.92 Å². The highest BCUT2D eigenvalue weighted by Crippen LogP contribution is 2.34. The quantitative estimate of drug-likeness (QED) is 0.904. The van der Waals surface area contributed by atoms with Crippen molar-refractivity contribution < 1.29 is 4.74 Å². The molecule has 0 bridgehead atoms. The van der Waals surface area contributed by atoms with Gasteiger partial charge in [-0.2, -0.15) is 0 Å². The minimum absolute atomic E-state index is 0.744. The van der Waals surface area contributed by atoms with E-state index in [1.165, 1.54) is 42.6 Å². The van der Waals surface area contributed by atoms with Crippen LogP contribution in [0.4, 0.5) is 11.4 Å². The van der Waals surface area contributed by atoms with Crippen LogP contribution in [0.3, 0.4) is 0 Å². The summed E-state index contributed by atoms with van der Waals surface area (Å²) < 4.78 is 5.28. The highest BCUT2D eigenvalue weighted by Gasteiger charge is 2.22. The molecule has 0 amide bonds. The van der Waals surface area contributed by atoms with E-state index in [0.29, 0.717) is 0 Å². The van der Waals surface area contributed by atoms with Crippen LogP contribution < -0.4 is 10.2 Å². The van der Waals surface area contributed by atoms with Gasteiger partial charge in [0.2, 0.25) is 0 Å². The fraction of sp³-hybridized carbons (Fsp3) is 0.625. The normalized spacial score (nSPS) is 19.9. The molecule has 0 spiro atoms. The molecule has 0 radical (unpaired) electrons. The lowest BCUT2D eigenvalue weighted by Crippen LogP contribution is -2.35. The number of rotatable bonds is 3. The van der Waals surface area contributed by atoms with Gasteiger partial charge in [0.25, 0.3) is 0 Å². The van der Waals surface area contributed by atoms with Crippen LogP contribution in [0.15, 0.2) is 18.2 Å². The van der Waals surface area contributed by atoms with Crippen molar-refractivity contribution in [3.8, 4) is 0 Å². The number of piperidine rings is 1. The third kappa shape index (κ3) is 2.71. The van der Waals surface area contributed by atoms with E-state index < -0.39 is 0 Å². The van der Waals surface area contributed by atoms with Gasteiger partial charge in [0, 0.05) is 33.4 Å². The van der Waals surface area contributed by atoms with Crippen LogP contribution in [0, 0.1) is 5.92 Å². The molecule has 0 atom stereocenters. The Morgan fingerprint density at radius 3 is 2.95 bits per heavy atom. The van der Waals surface area contributed by atoms with Crippen LogP contribution >= 0.6 is 0 Å². The van der Waals surface area contributed by atoms with E-state index in [2.05, 4.69) is 28.4 Å². The number of aryl methyl sites for hydroxylation is 1. The molecular formula is C16H24N2O. The molecule has 1 fully saturated rings. The Balaban J connectivity index is 1.73. The molecule has 0 aliphatic carbocycles. The summed E-state index contributed by atoms with van der Waals surface area (Å²) in [6.07, 6.45) is 4.97. The zero-order chi connectivity index (χ0) is 13.1. The Labute approximate surface area is 115 Å². The molecule has 3 nitrogen and oxygen atoms in total. The van der Waals surface area contributed by atoms with Crippen molar-refractivity contribution in [2.45, 2.75) is 25.7 Å². The molecule has 3 heteroatoms. The van der Waals surface area contributed by atoms with E-state index in [1.807, 2.05) is 7.11 Å². The van der Waals surface area contributed by atoms with Crippen molar-refractivity contribution in [1.82, 2.24) is 0 Å². The van der Waals surface area contributed by atoms with Crippen LogP contribution in [-0.2, 0) is 11.2 Å². The summed E-state index contributed by atoms with van der Waals surface area (Å²) in [6, 6.07) is 6.75. The molecule has 0 saturated carbocycles. The fourth-order valence-corrected chi connectivity index (χ4v) is 3.33. The highest BCUT2D eigenvalue weighted by atomic mass is 16.5. The second kappa shape index (κ2) is 5.83. The smallest absolute Gasteiger partial charge is 0.0610 e. The highest BCUT2D eigenvalue weighted by molar-refractivity contribution is 5.74. The number of hydrogen-bond acceptors (Lipinski definition) is 3. The first kappa shape index (κ1) is 12.8. The molecule has 2 aliphatic heterocycles. The zero-order valence-corrected chi connectivity index (χ0v) is 11.8. The van der Waals surface area contributed by atoms with Gasteiger partial charge in [-0.15, -0.1) is 0 Å². The van der Waals surface area contributed by atoms with Gasteiger partial charge in [-0.1, -0.05) is 12.1 Å². The number of anilines is 2. The Morgan fingerprint density at radius 2 is 2.16 bits per heavy atom. The van der Waals surface area contributed by atoms with Crippen LogP contribution in [0.25, 0.3) is 0 Å². The van der Waals surface area contributed by atoms with Gasteiger partial charge in [-0.25, -0.2) is 0 Å². The monoisotopic (exact) mass is 260 g/mol. The standard InChI is InChI=1S/C16H24N2O/c1-19-12-13-7-10-18(11-8-13)15-6-2-4-14-5-3-9-17-16(14)15/h2,4,6,13,17H,3,5,7-12H2,1H3. The van der Waals surface area contributed by atoms with Gasteiger partial charge in [-0.3, -0.25) is 0 Å². The molecule has 1 aromatic carbocycles. The average Bonchev–Trinajstić information content (AvgIpc) is 2.48. The van der Waals surface area contributed by atoms with Crippen molar-refractivity contribution in [3.05, 3.63) is 23.8 Å². The Morgan fingerprint density at radius 1 is 1.32 bits per heavy atom. The molecule has 0 unspecified atom stereocenters. The van der Waals surface area contributed by atoms with E-state index in [1.54, 1.807) is 0 Å². The molecule has 1 N–H and O–H groups in total. The van der Waals surface area contributed by atoms with Gasteiger partial charge in [-0.05, 0) is 43.2 Å². The summed E-state index contributed by atoms with van der Waals surface area (Å²) >= 11 is 0. The molecule has 0 aromatic heterocycles. The number of hydrogen-bond donors (Lipinski definition) is 1. The average molecular weight is 260 g/mol. The van der Waals surface area contributed by atoms with E-state index in [-0.39, 0.29) is 0 Å². The number of fused-ring (bicyclic) bond motifs is 1. The SMILES string of the molecule is COCC1CCN(c2cccc3c2NCCC3)CC1. The van der Waals surface area contributed by atoms with Gasteiger partial charge in [0.1, 0.15) is 0 Å². The predicted octanol–water partition coefficient (Wildman–Crippen LogP) is 2.91. The zero-order valence-electron chi connectivity index (χ0n) is 11.8. The lowest BCUT2D eigenvalue weighted by atomic mass is 9.96. The van der Waals surface area contributed by atoms with E-state index in [9.17, 15) is 0 Å². The second-order valence-corrected chi connectivity index (χ2v) is 5.73. The molecule has 2 aliphatic rings. The maximum atomic E-state index is 5.28. The first-order valence-corrected chi connectivity index (χ1v) is 7.48. The molecule has 2 heterocycles. The Bertz CT molecular complexity index is 425. The van der Waals surface area contributed by atoms with Crippen molar-refractivity contribution >= 4 is 11.4 Å². The first-order chi connectivity index (χ1) is 9.38. The van der Waals surface area contributed by atoms with Gasteiger partial charge < -0.3 is 15.0 Å². The van der Waals surface area contributed by atoms with Crippen LogP contribution in [-0.4, -0.2) is 33.4 Å². The molecule has 1 saturated heterocycles. The van der Waals surface area contributed by atoms with E-state index in [4.69, 9.17) is 4.74 Å². The van der Waals surface area contributed by atoms with Crippen molar-refractivity contribution in [3.63, 3.8) is 0 Å². The van der Waals surface area contributed by atoms with Crippen molar-refractivity contribution in [2.75, 3.05) is 43.6 Å². The summed E-state index contributed by atoms with van der Waals surface area (Å²) in [5.41, 5.74) is 4.29. The van der Waals surface area contributed by atoms with Gasteiger partial charge in [0.15, 0.2) is 0 Å². The van der Waals surface area contributed by atoms with Gasteiger partial charge >= 0.3 is 0 Å². The summed E-state index contributed by atoms with van der Waals surface area (Å²) in [7, 11) is 1.81. The first-order valence-electron chi connectivity index (χ1n) is 7.48. The minimum atomic E-state index is 0.744. The summed E-state index contributed by atoms with van der Waals surface area (Å²) in [5.74, 6) is 0.744. The third-order valence-corrected chi connectivity index (χ3v) is 4.41. The Kier molecular flexibility index (Phi) is 3.92. The van der Waals surface area contributed by atoms with Crippen LogP contribution in [0.1, 0.15) is 24.8 Å². The molecule has 1 aromatic rings. The van der Waals surface area contributed by atoms with Gasteiger partial charge in [0.05, 0.1) is 11.4 Å². The molecular weight excluding hydrogens is 236 g/mol. The minimum Gasteiger partial charge on any atom is -0.384 e. The maximum absolute atomic E-state index is 5.28. The topological polar surface area (TPSA) is 24.5 Å². The number of para-hydroxylation sites is 1. The van der Waals surface area contributed by atoms with Crippen LogP contribution in [0.2, 0.25) is 0 Å². The molecule has 3 rings (SSSR count). The predicted molar refractivity (Wildman–Crippen MR) is 80.1 cm³/mol. The fourth-order valence-electron chi connectivity index (χ4n) is 3.33. The van der Waals surface area contributed by atoms with E-state index in [0.717, 1.165) is 32.2 Å². The summed E-state index contributed by atoms with van der Waals surface area (Å²) in [5, 5.41) is 3.60. The van der Waals surface area contributed by atoms with Crippen molar-refractivity contribution in [1.29, 1.82) is 0 Å².